The van der Waals surface area contributed by atoms with Crippen molar-refractivity contribution < 1.29 is 19.4 Å². The third-order valence-electron chi connectivity index (χ3n) is 5.18. The number of hydrogen-bond acceptors (Lipinski definition) is 6. The SMILES string of the molecule is CC[C@@H](C)N(Cc1cc(Cl)ccc1OCc1nc(CO)cs1)C(=O)c1cccc(OC)c1. The monoisotopic (exact) mass is 474 g/mol. The van der Waals surface area contributed by atoms with Gasteiger partial charge in [-0.25, -0.2) is 4.98 Å². The zero-order valence-corrected chi connectivity index (χ0v) is 19.9. The summed E-state index contributed by atoms with van der Waals surface area (Å²) < 4.78 is 11.3. The van der Waals surface area contributed by atoms with Crippen molar-refractivity contribution in [3.63, 3.8) is 0 Å². The van der Waals surface area contributed by atoms with Gasteiger partial charge in [-0.2, -0.15) is 0 Å². The standard InChI is InChI=1S/C24H27ClN2O4S/c1-4-16(2)27(24(29)17-6-5-7-21(11-17)30-3)12-18-10-19(25)8-9-22(18)31-14-23-26-20(13-28)15-32-23/h5-11,15-16,28H,4,12-14H2,1-3H3/t16-/m1/s1. The number of hydrogen-bond donors (Lipinski definition) is 1. The van der Waals surface area contributed by atoms with E-state index in [9.17, 15) is 9.90 Å². The Balaban J connectivity index is 1.85. The third-order valence-corrected chi connectivity index (χ3v) is 6.28. The summed E-state index contributed by atoms with van der Waals surface area (Å²) in [4.78, 5) is 19.5. The van der Waals surface area contributed by atoms with Crippen LogP contribution in [0.1, 0.15) is 46.9 Å². The van der Waals surface area contributed by atoms with E-state index in [1.807, 2.05) is 43.0 Å². The van der Waals surface area contributed by atoms with Gasteiger partial charge in [-0.15, -0.1) is 11.3 Å². The molecule has 1 aromatic heterocycles. The molecule has 0 bridgehead atoms. The fourth-order valence-electron chi connectivity index (χ4n) is 3.19. The summed E-state index contributed by atoms with van der Waals surface area (Å²) >= 11 is 7.71. The molecule has 1 heterocycles. The van der Waals surface area contributed by atoms with E-state index in [0.717, 1.165) is 17.0 Å². The van der Waals surface area contributed by atoms with Crippen molar-refractivity contribution in [1.82, 2.24) is 9.88 Å². The predicted octanol–water partition coefficient (Wildman–Crippen LogP) is 5.32. The van der Waals surface area contributed by atoms with Crippen LogP contribution in [-0.2, 0) is 19.8 Å². The number of ether oxygens (including phenoxy) is 2. The van der Waals surface area contributed by atoms with Crippen molar-refractivity contribution in [3.8, 4) is 11.5 Å². The van der Waals surface area contributed by atoms with Gasteiger partial charge in [0.2, 0.25) is 0 Å². The smallest absolute Gasteiger partial charge is 0.254 e. The topological polar surface area (TPSA) is 71.9 Å². The molecule has 0 saturated carbocycles. The Kier molecular flexibility index (Phi) is 8.50. The molecule has 8 heteroatoms. The van der Waals surface area contributed by atoms with E-state index in [1.165, 1.54) is 11.3 Å². The summed E-state index contributed by atoms with van der Waals surface area (Å²) in [5.41, 5.74) is 2.00. The lowest BCUT2D eigenvalue weighted by Gasteiger charge is -2.29. The highest BCUT2D eigenvalue weighted by Crippen LogP contribution is 2.28. The summed E-state index contributed by atoms with van der Waals surface area (Å²) in [6.07, 6.45) is 0.801. The average Bonchev–Trinajstić information content (AvgIpc) is 3.29. The van der Waals surface area contributed by atoms with E-state index in [4.69, 9.17) is 21.1 Å². The normalized spacial score (nSPS) is 11.8. The first-order chi connectivity index (χ1) is 15.4. The van der Waals surface area contributed by atoms with Crippen molar-refractivity contribution in [1.29, 1.82) is 0 Å². The lowest BCUT2D eigenvalue weighted by atomic mass is 10.1. The summed E-state index contributed by atoms with van der Waals surface area (Å²) in [5.74, 6) is 1.19. The van der Waals surface area contributed by atoms with Crippen molar-refractivity contribution in [2.24, 2.45) is 0 Å². The molecular weight excluding hydrogens is 448 g/mol. The number of aliphatic hydroxyl groups excluding tert-OH is 1. The minimum Gasteiger partial charge on any atom is -0.497 e. The van der Waals surface area contributed by atoms with Crippen LogP contribution in [0.15, 0.2) is 47.8 Å². The van der Waals surface area contributed by atoms with E-state index >= 15 is 0 Å². The average molecular weight is 475 g/mol. The summed E-state index contributed by atoms with van der Waals surface area (Å²) in [6.45, 7) is 4.59. The van der Waals surface area contributed by atoms with E-state index in [-0.39, 0.29) is 25.2 Å². The maximum absolute atomic E-state index is 13.4. The van der Waals surface area contributed by atoms with Crippen LogP contribution in [0.5, 0.6) is 11.5 Å². The molecule has 0 spiro atoms. The molecule has 0 saturated heterocycles. The first-order valence-electron chi connectivity index (χ1n) is 10.4. The summed E-state index contributed by atoms with van der Waals surface area (Å²) in [5, 5.41) is 12.3. The summed E-state index contributed by atoms with van der Waals surface area (Å²) in [7, 11) is 1.58. The van der Waals surface area contributed by atoms with Crippen molar-refractivity contribution in [2.75, 3.05) is 7.11 Å². The highest BCUT2D eigenvalue weighted by Gasteiger charge is 2.23. The first kappa shape index (κ1) is 24.0. The minimum absolute atomic E-state index is 0.00612. The van der Waals surface area contributed by atoms with Crippen LogP contribution in [-0.4, -0.2) is 34.0 Å². The van der Waals surface area contributed by atoms with Crippen LogP contribution in [0.2, 0.25) is 5.02 Å². The number of halogens is 1. The van der Waals surface area contributed by atoms with Crippen LogP contribution in [0.3, 0.4) is 0 Å². The molecule has 170 valence electrons. The molecule has 1 N–H and O–H groups in total. The molecule has 0 unspecified atom stereocenters. The molecule has 0 aliphatic carbocycles. The zero-order chi connectivity index (χ0) is 23.1. The lowest BCUT2D eigenvalue weighted by molar-refractivity contribution is 0.0669. The number of carbonyl (C=O) groups excluding carboxylic acids is 1. The number of benzene rings is 2. The van der Waals surface area contributed by atoms with Gasteiger partial charge in [0.15, 0.2) is 0 Å². The molecule has 32 heavy (non-hydrogen) atoms. The Morgan fingerprint density at radius 3 is 2.78 bits per heavy atom. The molecule has 1 atom stereocenters. The Bertz CT molecular complexity index is 1060. The van der Waals surface area contributed by atoms with Gasteiger partial charge in [0, 0.05) is 34.1 Å². The Morgan fingerprint density at radius 2 is 2.09 bits per heavy atom. The fourth-order valence-corrected chi connectivity index (χ4v) is 4.08. The molecule has 3 rings (SSSR count). The van der Waals surface area contributed by atoms with Crippen LogP contribution in [0, 0.1) is 0 Å². The number of nitrogens with zero attached hydrogens (tertiary/aromatic N) is 2. The second-order valence-corrected chi connectivity index (χ2v) is 8.73. The quantitative estimate of drug-likeness (QED) is 0.430. The van der Waals surface area contributed by atoms with Crippen LogP contribution < -0.4 is 9.47 Å². The third kappa shape index (κ3) is 6.00. The maximum atomic E-state index is 13.4. The van der Waals surface area contributed by atoms with Gasteiger partial charge < -0.3 is 19.5 Å². The molecular formula is C24H27ClN2O4S. The van der Waals surface area contributed by atoms with Crippen molar-refractivity contribution in [3.05, 3.63) is 74.7 Å². The Morgan fingerprint density at radius 1 is 1.28 bits per heavy atom. The van der Waals surface area contributed by atoms with Gasteiger partial charge >= 0.3 is 0 Å². The first-order valence-corrected chi connectivity index (χ1v) is 11.6. The van der Waals surface area contributed by atoms with Gasteiger partial charge in [-0.05, 0) is 49.7 Å². The zero-order valence-electron chi connectivity index (χ0n) is 18.4. The second kappa shape index (κ2) is 11.3. The largest absolute Gasteiger partial charge is 0.497 e. The number of carbonyl (C=O) groups is 1. The van der Waals surface area contributed by atoms with Gasteiger partial charge in [-0.3, -0.25) is 4.79 Å². The molecule has 2 aromatic carbocycles. The highest BCUT2D eigenvalue weighted by molar-refractivity contribution is 7.09. The number of amides is 1. The molecule has 1 amide bonds. The van der Waals surface area contributed by atoms with Crippen LogP contribution >= 0.6 is 22.9 Å². The molecule has 3 aromatic rings. The Hall–Kier alpha value is -2.61. The number of methoxy groups -OCH3 is 1. The summed E-state index contributed by atoms with van der Waals surface area (Å²) in [6, 6.07) is 12.6. The second-order valence-electron chi connectivity index (χ2n) is 7.35. The predicted molar refractivity (Wildman–Crippen MR) is 126 cm³/mol. The number of aromatic nitrogens is 1. The molecule has 0 fully saturated rings. The van der Waals surface area contributed by atoms with E-state index in [1.54, 1.807) is 30.7 Å². The number of rotatable bonds is 10. The van der Waals surface area contributed by atoms with Gasteiger partial charge in [0.1, 0.15) is 23.1 Å². The van der Waals surface area contributed by atoms with Crippen molar-refractivity contribution in [2.45, 2.75) is 46.1 Å². The highest BCUT2D eigenvalue weighted by atomic mass is 35.5. The maximum Gasteiger partial charge on any atom is 0.254 e. The molecule has 0 aliphatic rings. The molecule has 0 aliphatic heterocycles. The van der Waals surface area contributed by atoms with E-state index < -0.39 is 0 Å². The minimum atomic E-state index is -0.0983. The lowest BCUT2D eigenvalue weighted by Crippen LogP contribution is -2.37. The van der Waals surface area contributed by atoms with Crippen molar-refractivity contribution >= 4 is 28.8 Å². The van der Waals surface area contributed by atoms with Gasteiger partial charge in [-0.1, -0.05) is 24.6 Å². The van der Waals surface area contributed by atoms with Crippen LogP contribution in [0.4, 0.5) is 0 Å². The fraction of sp³-hybridized carbons (Fsp3) is 0.333. The van der Waals surface area contributed by atoms with Gasteiger partial charge in [0.05, 0.1) is 19.4 Å². The van der Waals surface area contributed by atoms with Crippen LogP contribution in [0.25, 0.3) is 0 Å². The molecule has 0 radical (unpaired) electrons. The van der Waals surface area contributed by atoms with Gasteiger partial charge in [0.25, 0.3) is 5.91 Å². The molecule has 6 nitrogen and oxygen atoms in total. The number of thiazole rings is 1. The van der Waals surface area contributed by atoms with E-state index in [2.05, 4.69) is 4.98 Å². The Labute approximate surface area is 197 Å². The van der Waals surface area contributed by atoms with E-state index in [0.29, 0.717) is 34.3 Å². The number of aliphatic hydroxyl groups is 1.